The van der Waals surface area contributed by atoms with Gasteiger partial charge in [-0.25, -0.2) is 29.9 Å². The predicted molar refractivity (Wildman–Crippen MR) is 516 cm³/mol. The molecule has 4 aromatic heterocycles. The second-order valence-corrected chi connectivity index (χ2v) is 31.7. The summed E-state index contributed by atoms with van der Waals surface area (Å²) in [5, 5.41) is 17.4. The second-order valence-electron chi connectivity index (χ2n) is 31.7. The zero-order valence-electron chi connectivity index (χ0n) is 67.3. The molecule has 0 radical (unpaired) electrons. The smallest absolute Gasteiger partial charge is 0.164 e. The van der Waals surface area contributed by atoms with E-state index in [1.165, 1.54) is 114 Å². The van der Waals surface area contributed by atoms with Crippen LogP contribution in [0.1, 0.15) is 0 Å². The van der Waals surface area contributed by atoms with E-state index in [1.54, 1.807) is 0 Å². The zero-order chi connectivity index (χ0) is 82.0. The lowest BCUT2D eigenvalue weighted by Gasteiger charge is -2.12. The molecule has 0 amide bonds. The summed E-state index contributed by atoms with van der Waals surface area (Å²) in [5.74, 6) is 3.79. The summed E-state index contributed by atoms with van der Waals surface area (Å²) in [7, 11) is 0. The first-order valence-corrected chi connectivity index (χ1v) is 42.0. The average molecular weight is 1580 g/mol. The molecule has 0 bridgehead atoms. The number of nitrogens with zero attached hydrogens (tertiary/aromatic N) is 8. The summed E-state index contributed by atoms with van der Waals surface area (Å²) >= 11 is 0. The van der Waals surface area contributed by atoms with E-state index in [1.807, 2.05) is 30.3 Å². The predicted octanol–water partition coefficient (Wildman–Crippen LogP) is 30.0. The van der Waals surface area contributed by atoms with Crippen molar-refractivity contribution < 1.29 is 0 Å². The second kappa shape index (κ2) is 30.9. The molecule has 0 N–H and O–H groups in total. The molecule has 0 spiro atoms. The van der Waals surface area contributed by atoms with Crippen LogP contribution >= 0.6 is 0 Å². The van der Waals surface area contributed by atoms with Crippen LogP contribution in [-0.4, -0.2) is 39.0 Å². The number of para-hydroxylation sites is 2. The molecular weight excluding hydrogens is 1510 g/mol. The highest BCUT2D eigenvalue weighted by molar-refractivity contribution is 6.15. The highest BCUT2D eigenvalue weighted by atomic mass is 15.0. The number of hydrogen-bond donors (Lipinski definition) is 0. The van der Waals surface area contributed by atoms with Crippen molar-refractivity contribution in [2.45, 2.75) is 0 Å². The summed E-state index contributed by atoms with van der Waals surface area (Å²) in [6.45, 7) is 0. The molecule has 8 heteroatoms. The Balaban J connectivity index is 0.000000145. The Morgan fingerprint density at radius 1 is 0.129 bits per heavy atom. The van der Waals surface area contributed by atoms with Crippen LogP contribution < -0.4 is 0 Å². The van der Waals surface area contributed by atoms with Crippen molar-refractivity contribution in [1.82, 2.24) is 39.0 Å². The molecule has 578 valence electrons. The van der Waals surface area contributed by atoms with Crippen molar-refractivity contribution in [2.24, 2.45) is 0 Å². The largest absolute Gasteiger partial charge is 0.309 e. The highest BCUT2D eigenvalue weighted by Crippen LogP contribution is 2.42. The highest BCUT2D eigenvalue weighted by Gasteiger charge is 2.21. The minimum Gasteiger partial charge on any atom is -0.309 e. The topological polar surface area (TPSA) is 87.2 Å². The molecule has 24 aromatic rings. The molecule has 0 saturated heterocycles. The fraction of sp³-hybridized carbons (Fsp3) is 0. The molecule has 20 aromatic carbocycles. The summed E-state index contributed by atoms with van der Waals surface area (Å²) in [6.07, 6.45) is 0. The first kappa shape index (κ1) is 72.5. The van der Waals surface area contributed by atoms with Gasteiger partial charge in [0.1, 0.15) is 0 Å². The maximum atomic E-state index is 5.14. The first-order chi connectivity index (χ1) is 61.4. The van der Waals surface area contributed by atoms with Crippen molar-refractivity contribution in [3.8, 4) is 135 Å². The van der Waals surface area contributed by atoms with Crippen molar-refractivity contribution in [2.75, 3.05) is 0 Å². The monoisotopic (exact) mass is 1580 g/mol. The van der Waals surface area contributed by atoms with Gasteiger partial charge in [-0.2, -0.15) is 0 Å². The third-order valence-electron chi connectivity index (χ3n) is 24.3. The van der Waals surface area contributed by atoms with Crippen LogP contribution in [0, 0.1) is 0 Å². The van der Waals surface area contributed by atoms with Gasteiger partial charge in [0.15, 0.2) is 34.9 Å². The fourth-order valence-electron chi connectivity index (χ4n) is 18.0. The molecule has 124 heavy (non-hydrogen) atoms. The third kappa shape index (κ3) is 13.4. The van der Waals surface area contributed by atoms with Crippen LogP contribution in [0.5, 0.6) is 0 Å². The first-order valence-electron chi connectivity index (χ1n) is 42.0. The average Bonchev–Trinajstić information content (AvgIpc) is 1.59. The molecule has 0 fully saturated rings. The van der Waals surface area contributed by atoms with E-state index in [0.717, 1.165) is 83.7 Å². The SMILES string of the molecule is c1ccc(-c2nc(-c3ccc(-c4ccc(-n5c6ccccc6c6cc7ccccc7cc65)cc4)cc3)nc(-c3ccc(-c4cccc5ccccc45)cc3)n2)cc1.c1ccc2cc3c(cc2c1)c1ccccc1n3-c1ccc(-c2ccc(-c3nc(-c4ccc(-c5cccc6ccccc56)cc4)nc(-c4ccc(-c5cccc6ccccc56)cc4)n3)cc2)cc1. The molecule has 0 aliphatic heterocycles. The van der Waals surface area contributed by atoms with Crippen LogP contribution in [0.15, 0.2) is 449 Å². The molecule has 0 aliphatic carbocycles. The quantitative estimate of drug-likeness (QED) is 0.114. The summed E-state index contributed by atoms with van der Waals surface area (Å²) in [5.41, 5.74) is 24.2. The zero-order valence-corrected chi connectivity index (χ0v) is 67.3. The Morgan fingerprint density at radius 3 is 0.653 bits per heavy atom. The van der Waals surface area contributed by atoms with Gasteiger partial charge < -0.3 is 9.13 Å². The van der Waals surface area contributed by atoms with Gasteiger partial charge in [0.25, 0.3) is 0 Å². The minimum atomic E-state index is 0.622. The lowest BCUT2D eigenvalue weighted by molar-refractivity contribution is 1.07. The Labute approximate surface area is 716 Å². The summed E-state index contributed by atoms with van der Waals surface area (Å²) in [6, 6.07) is 159. The Bertz CT molecular complexity index is 8070. The van der Waals surface area contributed by atoms with Crippen LogP contribution in [0.2, 0.25) is 0 Å². The summed E-state index contributed by atoms with van der Waals surface area (Å²) in [4.78, 5) is 30.4. The van der Waals surface area contributed by atoms with E-state index in [9.17, 15) is 0 Å². The minimum absolute atomic E-state index is 0.622. The van der Waals surface area contributed by atoms with Gasteiger partial charge in [-0.3, -0.25) is 0 Å². The Morgan fingerprint density at radius 2 is 0.347 bits per heavy atom. The summed E-state index contributed by atoms with van der Waals surface area (Å²) < 4.78 is 4.76. The van der Waals surface area contributed by atoms with Gasteiger partial charge in [-0.05, 0) is 170 Å². The van der Waals surface area contributed by atoms with Crippen LogP contribution in [0.4, 0.5) is 0 Å². The number of fused-ring (bicyclic) bond motifs is 11. The molecule has 24 rings (SSSR count). The third-order valence-corrected chi connectivity index (χ3v) is 24.3. The van der Waals surface area contributed by atoms with Crippen molar-refractivity contribution in [3.63, 3.8) is 0 Å². The van der Waals surface area contributed by atoms with Gasteiger partial charge >= 0.3 is 0 Å². The van der Waals surface area contributed by atoms with Crippen LogP contribution in [0.3, 0.4) is 0 Å². The van der Waals surface area contributed by atoms with E-state index in [4.69, 9.17) is 29.9 Å². The Hall–Kier alpha value is -16.7. The lowest BCUT2D eigenvalue weighted by atomic mass is 9.97. The maximum absolute atomic E-state index is 5.14. The van der Waals surface area contributed by atoms with Gasteiger partial charge in [-0.15, -0.1) is 0 Å². The number of rotatable bonds is 13. The number of hydrogen-bond acceptors (Lipinski definition) is 6. The van der Waals surface area contributed by atoms with Gasteiger partial charge in [0.05, 0.1) is 22.1 Å². The fourth-order valence-corrected chi connectivity index (χ4v) is 18.0. The molecule has 0 saturated carbocycles. The molecule has 0 atom stereocenters. The molecule has 8 nitrogen and oxygen atoms in total. The van der Waals surface area contributed by atoms with E-state index in [2.05, 4.69) is 428 Å². The number of aromatic nitrogens is 8. The normalized spacial score (nSPS) is 11.5. The van der Waals surface area contributed by atoms with E-state index >= 15 is 0 Å². The van der Waals surface area contributed by atoms with E-state index in [0.29, 0.717) is 34.9 Å². The van der Waals surface area contributed by atoms with E-state index < -0.39 is 0 Å². The number of benzene rings is 20. The molecule has 0 aliphatic rings. The van der Waals surface area contributed by atoms with Gasteiger partial charge in [-0.1, -0.05) is 388 Å². The van der Waals surface area contributed by atoms with E-state index in [-0.39, 0.29) is 0 Å². The van der Waals surface area contributed by atoms with Crippen molar-refractivity contribution in [1.29, 1.82) is 0 Å². The molecular formula is C116H74N8. The maximum Gasteiger partial charge on any atom is 0.164 e. The van der Waals surface area contributed by atoms with Crippen LogP contribution in [0.25, 0.3) is 233 Å². The van der Waals surface area contributed by atoms with Gasteiger partial charge in [0, 0.05) is 66.3 Å². The standard InChI is InChI=1S/C63H40N4.C53H34N4/c1-2-14-51-40-60-58(39-50(51)13-1)57-19-7-8-22-59(57)67(60)52-37-35-42(36-38-52)41-23-29-47(30-24-41)61-64-62(48-31-25-45(26-32-48)55-20-9-15-43-11-3-5-17-53(43)55)66-63(65-61)49-33-27-46(28-34-49)56-21-10-16-44-12-4-6-18-54(44)56;1-2-12-39(13-3-1)51-54-52(56-53(55-51)41-27-23-38(24-28-41)46-19-10-16-37-11-6-7-17-45(37)46)40-25-21-35(22-26-40)36-29-31-44(32-30-36)57-49-20-9-8-18-47(49)48-33-42-14-4-5-15-43(42)34-50(48)57/h1-40H;1-34H. The molecule has 4 heterocycles. The van der Waals surface area contributed by atoms with Crippen molar-refractivity contribution >= 4 is 97.5 Å². The van der Waals surface area contributed by atoms with Crippen molar-refractivity contribution in [3.05, 3.63) is 449 Å². The lowest BCUT2D eigenvalue weighted by Crippen LogP contribution is -2.00. The van der Waals surface area contributed by atoms with Gasteiger partial charge in [0.2, 0.25) is 0 Å². The molecule has 0 unspecified atom stereocenters. The Kier molecular flexibility index (Phi) is 18.1. The van der Waals surface area contributed by atoms with Crippen LogP contribution in [-0.2, 0) is 0 Å².